The molecule has 1 aromatic carbocycles. The van der Waals surface area contributed by atoms with E-state index in [0.29, 0.717) is 17.7 Å². The predicted octanol–water partition coefficient (Wildman–Crippen LogP) is 3.11. The molecule has 3 nitrogen and oxygen atoms in total. The lowest BCUT2D eigenvalue weighted by atomic mass is 10.0. The number of nitrogens with two attached hydrogens (primary N) is 1. The monoisotopic (exact) mass is 266 g/mol. The van der Waals surface area contributed by atoms with Gasteiger partial charge in [0, 0.05) is 16.6 Å². The van der Waals surface area contributed by atoms with Crippen molar-refractivity contribution in [3.63, 3.8) is 0 Å². The van der Waals surface area contributed by atoms with Crippen molar-refractivity contribution in [1.82, 2.24) is 0 Å². The van der Waals surface area contributed by atoms with Gasteiger partial charge in [-0.1, -0.05) is 32.9 Å². The number of carbonyl (C=O) groups is 1. The van der Waals surface area contributed by atoms with E-state index in [4.69, 9.17) is 5.73 Å². The van der Waals surface area contributed by atoms with Crippen LogP contribution in [0.2, 0.25) is 0 Å². The van der Waals surface area contributed by atoms with Crippen LogP contribution in [0.4, 0.5) is 5.69 Å². The highest BCUT2D eigenvalue weighted by atomic mass is 32.2. The van der Waals surface area contributed by atoms with Gasteiger partial charge < -0.3 is 11.1 Å². The maximum Gasteiger partial charge on any atom is 0.227 e. The van der Waals surface area contributed by atoms with E-state index >= 15 is 0 Å². The van der Waals surface area contributed by atoms with Crippen molar-refractivity contribution in [2.24, 2.45) is 11.7 Å². The quantitative estimate of drug-likeness (QED) is 0.746. The predicted molar refractivity (Wildman–Crippen MR) is 78.9 cm³/mol. The Hall–Kier alpha value is -1.16. The first-order valence-corrected chi connectivity index (χ1v) is 7.29. The average Bonchev–Trinajstić information content (AvgIpc) is 2.34. The number of hydrogen-bond acceptors (Lipinski definition) is 3. The standard InChI is InChI=1S/C14H22N2OS/c1-4-11(10(2)3)16-12-7-5-6-8-13(12)18-9-14(15)17/h5-8,10-11,16H,4,9H2,1-3H3,(H2,15,17). The Balaban J connectivity index is 2.77. The van der Waals surface area contributed by atoms with Crippen LogP contribution in [-0.2, 0) is 4.79 Å². The Kier molecular flexibility index (Phi) is 6.05. The lowest BCUT2D eigenvalue weighted by Crippen LogP contribution is -2.24. The molecule has 0 bridgehead atoms. The van der Waals surface area contributed by atoms with Crippen molar-refractivity contribution >= 4 is 23.4 Å². The number of nitrogens with one attached hydrogen (secondary N) is 1. The van der Waals surface area contributed by atoms with Crippen LogP contribution < -0.4 is 11.1 Å². The van der Waals surface area contributed by atoms with E-state index in [-0.39, 0.29) is 5.91 Å². The largest absolute Gasteiger partial charge is 0.381 e. The van der Waals surface area contributed by atoms with Gasteiger partial charge in [0.15, 0.2) is 0 Å². The SMILES string of the molecule is CCC(Nc1ccccc1SCC(N)=O)C(C)C. The zero-order valence-corrected chi connectivity index (χ0v) is 12.1. The Labute approximate surface area is 114 Å². The van der Waals surface area contributed by atoms with E-state index in [9.17, 15) is 4.79 Å². The van der Waals surface area contributed by atoms with E-state index in [1.165, 1.54) is 11.8 Å². The summed E-state index contributed by atoms with van der Waals surface area (Å²) in [6.45, 7) is 6.59. The fourth-order valence-electron chi connectivity index (χ4n) is 1.80. The molecule has 3 N–H and O–H groups in total. The second-order valence-electron chi connectivity index (χ2n) is 4.65. The minimum Gasteiger partial charge on any atom is -0.381 e. The summed E-state index contributed by atoms with van der Waals surface area (Å²) in [5.41, 5.74) is 6.27. The minimum atomic E-state index is -0.286. The Morgan fingerprint density at radius 2 is 2.06 bits per heavy atom. The molecule has 18 heavy (non-hydrogen) atoms. The average molecular weight is 266 g/mol. The van der Waals surface area contributed by atoms with Gasteiger partial charge in [-0.3, -0.25) is 4.79 Å². The number of anilines is 1. The molecule has 0 aliphatic heterocycles. The number of thioether (sulfide) groups is 1. The first-order chi connectivity index (χ1) is 8.54. The van der Waals surface area contributed by atoms with E-state index < -0.39 is 0 Å². The van der Waals surface area contributed by atoms with Crippen LogP contribution in [-0.4, -0.2) is 17.7 Å². The number of hydrogen-bond donors (Lipinski definition) is 2. The number of para-hydroxylation sites is 1. The summed E-state index contributed by atoms with van der Waals surface area (Å²) in [5, 5.41) is 3.55. The molecule has 0 saturated carbocycles. The lowest BCUT2D eigenvalue weighted by molar-refractivity contribution is -0.115. The molecule has 0 radical (unpaired) electrons. The van der Waals surface area contributed by atoms with Crippen LogP contribution in [0.5, 0.6) is 0 Å². The van der Waals surface area contributed by atoms with E-state index in [1.54, 1.807) is 0 Å². The maximum absolute atomic E-state index is 10.9. The Morgan fingerprint density at radius 1 is 1.39 bits per heavy atom. The lowest BCUT2D eigenvalue weighted by Gasteiger charge is -2.23. The zero-order chi connectivity index (χ0) is 13.5. The van der Waals surface area contributed by atoms with Gasteiger partial charge in [0.25, 0.3) is 0 Å². The topological polar surface area (TPSA) is 55.1 Å². The van der Waals surface area contributed by atoms with Crippen LogP contribution in [0.1, 0.15) is 27.2 Å². The van der Waals surface area contributed by atoms with Crippen molar-refractivity contribution in [3.05, 3.63) is 24.3 Å². The molecule has 0 aliphatic rings. The molecule has 0 aromatic heterocycles. The van der Waals surface area contributed by atoms with Crippen molar-refractivity contribution in [2.75, 3.05) is 11.1 Å². The van der Waals surface area contributed by atoms with E-state index in [0.717, 1.165) is 17.0 Å². The third-order valence-electron chi connectivity index (χ3n) is 2.84. The van der Waals surface area contributed by atoms with Crippen LogP contribution in [0.25, 0.3) is 0 Å². The van der Waals surface area contributed by atoms with Crippen LogP contribution in [0.15, 0.2) is 29.2 Å². The molecule has 0 heterocycles. The molecule has 1 atom stereocenters. The van der Waals surface area contributed by atoms with Gasteiger partial charge in [0.05, 0.1) is 5.75 Å². The van der Waals surface area contributed by atoms with Gasteiger partial charge >= 0.3 is 0 Å². The fourth-order valence-corrected chi connectivity index (χ4v) is 2.56. The van der Waals surface area contributed by atoms with Crippen molar-refractivity contribution < 1.29 is 4.79 Å². The molecule has 1 amide bonds. The van der Waals surface area contributed by atoms with Crippen molar-refractivity contribution in [3.8, 4) is 0 Å². The van der Waals surface area contributed by atoms with Crippen molar-refractivity contribution in [2.45, 2.75) is 38.1 Å². The normalized spacial score (nSPS) is 12.4. The summed E-state index contributed by atoms with van der Waals surface area (Å²) in [6, 6.07) is 8.49. The van der Waals surface area contributed by atoms with Gasteiger partial charge in [0.1, 0.15) is 0 Å². The first kappa shape index (κ1) is 14.9. The molecule has 1 aromatic rings. The van der Waals surface area contributed by atoms with Crippen LogP contribution in [0, 0.1) is 5.92 Å². The second kappa shape index (κ2) is 7.31. The van der Waals surface area contributed by atoms with Gasteiger partial charge in [0.2, 0.25) is 5.91 Å². The maximum atomic E-state index is 10.9. The van der Waals surface area contributed by atoms with Crippen LogP contribution in [0.3, 0.4) is 0 Å². The molecular formula is C14H22N2OS. The van der Waals surface area contributed by atoms with Gasteiger partial charge in [-0.05, 0) is 24.5 Å². The molecule has 1 unspecified atom stereocenters. The number of carbonyl (C=O) groups excluding carboxylic acids is 1. The van der Waals surface area contributed by atoms with Gasteiger partial charge in [-0.25, -0.2) is 0 Å². The molecule has 0 fully saturated rings. The molecule has 1 rings (SSSR count). The third kappa shape index (κ3) is 4.61. The molecule has 0 spiro atoms. The van der Waals surface area contributed by atoms with Crippen molar-refractivity contribution in [1.29, 1.82) is 0 Å². The summed E-state index contributed by atoms with van der Waals surface area (Å²) >= 11 is 1.48. The smallest absolute Gasteiger partial charge is 0.227 e. The zero-order valence-electron chi connectivity index (χ0n) is 11.3. The number of amides is 1. The highest BCUT2D eigenvalue weighted by Crippen LogP contribution is 2.28. The Morgan fingerprint density at radius 3 is 2.61 bits per heavy atom. The molecular weight excluding hydrogens is 244 g/mol. The summed E-state index contributed by atoms with van der Waals surface area (Å²) in [4.78, 5) is 11.9. The highest BCUT2D eigenvalue weighted by molar-refractivity contribution is 8.00. The molecule has 100 valence electrons. The highest BCUT2D eigenvalue weighted by Gasteiger charge is 2.12. The fraction of sp³-hybridized carbons (Fsp3) is 0.500. The first-order valence-electron chi connectivity index (χ1n) is 6.31. The molecule has 4 heteroatoms. The number of benzene rings is 1. The second-order valence-corrected chi connectivity index (χ2v) is 5.67. The third-order valence-corrected chi connectivity index (χ3v) is 3.94. The summed E-state index contributed by atoms with van der Waals surface area (Å²) in [7, 11) is 0. The summed E-state index contributed by atoms with van der Waals surface area (Å²) in [6.07, 6.45) is 1.08. The number of rotatable bonds is 7. The van der Waals surface area contributed by atoms with Gasteiger partial charge in [-0.2, -0.15) is 0 Å². The minimum absolute atomic E-state index is 0.286. The molecule has 0 aliphatic carbocycles. The Bertz CT molecular complexity index is 393. The molecule has 0 saturated heterocycles. The summed E-state index contributed by atoms with van der Waals surface area (Å²) < 4.78 is 0. The summed E-state index contributed by atoms with van der Waals surface area (Å²) in [5.74, 6) is 0.604. The number of primary amides is 1. The van der Waals surface area contributed by atoms with Gasteiger partial charge in [-0.15, -0.1) is 11.8 Å². The van der Waals surface area contributed by atoms with E-state index in [2.05, 4.69) is 26.1 Å². The van der Waals surface area contributed by atoms with E-state index in [1.807, 2.05) is 24.3 Å². The van der Waals surface area contributed by atoms with Crippen LogP contribution >= 0.6 is 11.8 Å².